The van der Waals surface area contributed by atoms with Gasteiger partial charge in [0.1, 0.15) is 0 Å². The zero-order valence-electron chi connectivity index (χ0n) is 16.9. The van der Waals surface area contributed by atoms with Gasteiger partial charge in [-0.25, -0.2) is 0 Å². The van der Waals surface area contributed by atoms with Crippen molar-refractivity contribution in [1.29, 1.82) is 0 Å². The van der Waals surface area contributed by atoms with Crippen molar-refractivity contribution in [3.8, 4) is 0 Å². The van der Waals surface area contributed by atoms with Gasteiger partial charge in [-0.3, -0.25) is 10.5 Å². The number of rotatable bonds is 18. The van der Waals surface area contributed by atoms with E-state index in [-0.39, 0.29) is 6.42 Å². The highest BCUT2D eigenvalue weighted by Crippen LogP contribution is 2.14. The van der Waals surface area contributed by atoms with Crippen LogP contribution < -0.4 is 5.73 Å². The van der Waals surface area contributed by atoms with Gasteiger partial charge in [0.2, 0.25) is 0 Å². The van der Waals surface area contributed by atoms with E-state index < -0.39 is 11.9 Å². The number of carbonyl (C=O) groups excluding carboxylic acids is 1. The molecule has 0 aromatic rings. The molecule has 0 radical (unpaired) electrons. The van der Waals surface area contributed by atoms with Crippen LogP contribution in [0.1, 0.15) is 123 Å². The standard InChI is InChI=1S/C21H43NO3/c1-3-5-6-7-8-9-10-11-12-13-14-15-16-17-18-19-20(23)25-21(22,24)4-2/h24H,3-19,22H2,1-2H3. The molecule has 0 aromatic carbocycles. The monoisotopic (exact) mass is 357 g/mol. The Kier molecular flexibility index (Phi) is 16.4. The first-order valence-electron chi connectivity index (χ1n) is 10.7. The van der Waals surface area contributed by atoms with E-state index in [0.29, 0.717) is 6.42 Å². The van der Waals surface area contributed by atoms with Crippen molar-refractivity contribution in [2.24, 2.45) is 5.73 Å². The van der Waals surface area contributed by atoms with Gasteiger partial charge in [-0.05, 0) is 6.42 Å². The normalized spacial score (nSPS) is 13.6. The quantitative estimate of drug-likeness (QED) is 0.184. The van der Waals surface area contributed by atoms with Gasteiger partial charge in [0, 0.05) is 12.8 Å². The number of nitrogens with two attached hydrogens (primary N) is 1. The van der Waals surface area contributed by atoms with Gasteiger partial charge in [0.15, 0.2) is 0 Å². The summed E-state index contributed by atoms with van der Waals surface area (Å²) in [4.78, 5) is 11.5. The molecular formula is C21H43NO3. The number of unbranched alkanes of at least 4 members (excludes halogenated alkanes) is 14. The molecule has 3 N–H and O–H groups in total. The molecule has 150 valence electrons. The molecule has 0 saturated carbocycles. The highest BCUT2D eigenvalue weighted by Gasteiger charge is 2.22. The minimum atomic E-state index is -1.80. The largest absolute Gasteiger partial charge is 0.419 e. The fraction of sp³-hybridized carbons (Fsp3) is 0.952. The molecular weight excluding hydrogens is 314 g/mol. The topological polar surface area (TPSA) is 72.5 Å². The smallest absolute Gasteiger partial charge is 0.309 e. The molecule has 25 heavy (non-hydrogen) atoms. The Morgan fingerprint density at radius 3 is 1.48 bits per heavy atom. The molecule has 0 saturated heterocycles. The molecule has 0 fully saturated rings. The van der Waals surface area contributed by atoms with Crippen molar-refractivity contribution in [3.63, 3.8) is 0 Å². The van der Waals surface area contributed by atoms with Crippen molar-refractivity contribution in [3.05, 3.63) is 0 Å². The SMILES string of the molecule is CCCCCCCCCCCCCCCCCC(=O)OC(N)(O)CC. The number of esters is 1. The summed E-state index contributed by atoms with van der Waals surface area (Å²) in [5.74, 6) is -2.20. The van der Waals surface area contributed by atoms with Crippen molar-refractivity contribution in [1.82, 2.24) is 0 Å². The van der Waals surface area contributed by atoms with E-state index in [1.54, 1.807) is 6.92 Å². The van der Waals surface area contributed by atoms with Gasteiger partial charge in [-0.2, -0.15) is 0 Å². The molecule has 4 nitrogen and oxygen atoms in total. The van der Waals surface area contributed by atoms with Gasteiger partial charge >= 0.3 is 5.97 Å². The first kappa shape index (κ1) is 24.4. The van der Waals surface area contributed by atoms with Gasteiger partial charge in [-0.15, -0.1) is 0 Å². The minimum Gasteiger partial charge on any atom is -0.419 e. The number of hydrogen-bond donors (Lipinski definition) is 2. The van der Waals surface area contributed by atoms with E-state index in [9.17, 15) is 9.90 Å². The maximum atomic E-state index is 11.5. The second-order valence-corrected chi connectivity index (χ2v) is 7.37. The molecule has 0 bridgehead atoms. The van der Waals surface area contributed by atoms with Crippen LogP contribution in [0.3, 0.4) is 0 Å². The predicted molar refractivity (Wildman–Crippen MR) is 105 cm³/mol. The van der Waals surface area contributed by atoms with Crippen LogP contribution in [0.2, 0.25) is 0 Å². The lowest BCUT2D eigenvalue weighted by Gasteiger charge is -2.20. The molecule has 4 heteroatoms. The lowest BCUT2D eigenvalue weighted by molar-refractivity contribution is -0.208. The fourth-order valence-electron chi connectivity index (χ4n) is 2.96. The Morgan fingerprint density at radius 1 is 0.760 bits per heavy atom. The van der Waals surface area contributed by atoms with E-state index in [4.69, 9.17) is 10.5 Å². The van der Waals surface area contributed by atoms with E-state index in [0.717, 1.165) is 12.8 Å². The van der Waals surface area contributed by atoms with Crippen LogP contribution in [0.15, 0.2) is 0 Å². The maximum absolute atomic E-state index is 11.5. The van der Waals surface area contributed by atoms with Crippen molar-refractivity contribution >= 4 is 5.97 Å². The highest BCUT2D eigenvalue weighted by atomic mass is 16.7. The summed E-state index contributed by atoms with van der Waals surface area (Å²) in [5.41, 5.74) is 5.39. The molecule has 0 aliphatic rings. The molecule has 0 amide bonds. The van der Waals surface area contributed by atoms with Crippen LogP contribution >= 0.6 is 0 Å². The van der Waals surface area contributed by atoms with Crippen LogP contribution in [-0.4, -0.2) is 17.0 Å². The second-order valence-electron chi connectivity index (χ2n) is 7.37. The average molecular weight is 358 g/mol. The van der Waals surface area contributed by atoms with Crippen molar-refractivity contribution in [2.45, 2.75) is 129 Å². The highest BCUT2D eigenvalue weighted by molar-refractivity contribution is 5.69. The Balaban J connectivity index is 3.20. The zero-order valence-corrected chi connectivity index (χ0v) is 16.9. The van der Waals surface area contributed by atoms with Crippen LogP contribution in [0.5, 0.6) is 0 Å². The zero-order chi connectivity index (χ0) is 18.8. The summed E-state index contributed by atoms with van der Waals surface area (Å²) in [6.07, 6.45) is 20.0. The van der Waals surface area contributed by atoms with E-state index in [1.165, 1.54) is 83.5 Å². The minimum absolute atomic E-state index is 0.206. The van der Waals surface area contributed by atoms with Gasteiger partial charge in [-0.1, -0.05) is 104 Å². The fourth-order valence-corrected chi connectivity index (χ4v) is 2.96. The number of hydrogen-bond acceptors (Lipinski definition) is 4. The van der Waals surface area contributed by atoms with Crippen LogP contribution in [0, 0.1) is 0 Å². The van der Waals surface area contributed by atoms with E-state index >= 15 is 0 Å². The molecule has 1 unspecified atom stereocenters. The predicted octanol–water partition coefficient (Wildman–Crippen LogP) is 5.81. The van der Waals surface area contributed by atoms with Gasteiger partial charge < -0.3 is 9.84 Å². The third kappa shape index (κ3) is 18.0. The average Bonchev–Trinajstić information content (AvgIpc) is 2.58. The van der Waals surface area contributed by atoms with Crippen LogP contribution in [0.25, 0.3) is 0 Å². The maximum Gasteiger partial charge on any atom is 0.309 e. The number of ether oxygens (including phenoxy) is 1. The van der Waals surface area contributed by atoms with E-state index in [2.05, 4.69) is 6.92 Å². The molecule has 0 aliphatic carbocycles. The lowest BCUT2D eigenvalue weighted by Crippen LogP contribution is -2.43. The summed E-state index contributed by atoms with van der Waals surface area (Å²) >= 11 is 0. The molecule has 0 spiro atoms. The first-order valence-corrected chi connectivity index (χ1v) is 10.7. The molecule has 0 rings (SSSR count). The van der Waals surface area contributed by atoms with Crippen molar-refractivity contribution < 1.29 is 14.6 Å². The second kappa shape index (κ2) is 16.8. The summed E-state index contributed by atoms with van der Waals surface area (Å²) < 4.78 is 4.80. The lowest BCUT2D eigenvalue weighted by atomic mass is 10.0. The summed E-state index contributed by atoms with van der Waals surface area (Å²) in [6.45, 7) is 3.95. The molecule has 1 atom stereocenters. The number of carbonyl (C=O) groups is 1. The summed E-state index contributed by atoms with van der Waals surface area (Å²) in [5, 5.41) is 9.45. The molecule has 0 aromatic heterocycles. The molecule has 0 heterocycles. The van der Waals surface area contributed by atoms with Crippen LogP contribution in [-0.2, 0) is 9.53 Å². The summed E-state index contributed by atoms with van der Waals surface area (Å²) in [6, 6.07) is 0. The Bertz CT molecular complexity index is 306. The van der Waals surface area contributed by atoms with E-state index in [1.807, 2.05) is 0 Å². The Morgan fingerprint density at radius 2 is 1.12 bits per heavy atom. The van der Waals surface area contributed by atoms with Gasteiger partial charge in [0.25, 0.3) is 5.91 Å². The Labute approximate surface area is 155 Å². The van der Waals surface area contributed by atoms with Gasteiger partial charge in [0.05, 0.1) is 0 Å². The number of aliphatic hydroxyl groups is 1. The summed E-state index contributed by atoms with van der Waals surface area (Å²) in [7, 11) is 0. The van der Waals surface area contributed by atoms with Crippen molar-refractivity contribution in [2.75, 3.05) is 0 Å². The van der Waals surface area contributed by atoms with Crippen LogP contribution in [0.4, 0.5) is 0 Å². The third-order valence-corrected chi connectivity index (χ3v) is 4.78. The third-order valence-electron chi connectivity index (χ3n) is 4.78. The molecule has 0 aliphatic heterocycles. The Hall–Kier alpha value is -0.610. The first-order chi connectivity index (χ1) is 12.0.